The lowest BCUT2D eigenvalue weighted by Crippen LogP contribution is -2.51. The monoisotopic (exact) mass is 572 g/mol. The molecule has 0 spiro atoms. The molecule has 0 bridgehead atoms. The van der Waals surface area contributed by atoms with Crippen LogP contribution in [0, 0.1) is 28.9 Å². The van der Waals surface area contributed by atoms with E-state index in [1.54, 1.807) is 6.07 Å². The van der Waals surface area contributed by atoms with E-state index in [9.17, 15) is 26.4 Å². The number of amides is 1. The van der Waals surface area contributed by atoms with Crippen LogP contribution in [-0.4, -0.2) is 41.2 Å². The fourth-order valence-corrected chi connectivity index (χ4v) is 7.50. The second-order valence-corrected chi connectivity index (χ2v) is 13.6. The number of benzene rings is 2. The number of carbonyl (C=O) groups is 1. The van der Waals surface area contributed by atoms with Crippen LogP contribution in [0.5, 0.6) is 0 Å². The lowest BCUT2D eigenvalue weighted by molar-refractivity contribution is -0.127. The van der Waals surface area contributed by atoms with Gasteiger partial charge in [-0.1, -0.05) is 19.9 Å². The van der Waals surface area contributed by atoms with E-state index < -0.39 is 39.3 Å². The van der Waals surface area contributed by atoms with Gasteiger partial charge in [-0.25, -0.2) is 31.6 Å². The largest absolute Gasteiger partial charge is 0.351 e. The minimum absolute atomic E-state index is 0.00756. The zero-order valence-corrected chi connectivity index (χ0v) is 23.5. The van der Waals surface area contributed by atoms with Gasteiger partial charge in [0.15, 0.2) is 11.5 Å². The molecule has 3 atom stereocenters. The number of nitrogens with zero attached hydrogens (tertiary/aromatic N) is 3. The SMILES string of the molecule is CC(C)(F)c1ncc(-c2cc(CNC(=O)[C@@H]3[C@H]4CC(C)(C)[C@H]4CN3S(=O)(=O)c3ccc(F)cc3)ccc2F)cn1. The topological polar surface area (TPSA) is 92.3 Å². The van der Waals surface area contributed by atoms with Crippen molar-refractivity contribution in [3.8, 4) is 11.1 Å². The molecule has 1 N–H and O–H groups in total. The van der Waals surface area contributed by atoms with Crippen LogP contribution < -0.4 is 5.32 Å². The highest BCUT2D eigenvalue weighted by atomic mass is 32.2. The van der Waals surface area contributed by atoms with E-state index >= 15 is 0 Å². The summed E-state index contributed by atoms with van der Waals surface area (Å²) in [7, 11) is -4.06. The molecule has 1 aliphatic heterocycles. The first-order valence-electron chi connectivity index (χ1n) is 13.0. The molecule has 40 heavy (non-hydrogen) atoms. The molecule has 3 aromatic rings. The number of carbonyl (C=O) groups excluding carboxylic acids is 1. The average Bonchev–Trinajstić information content (AvgIpc) is 3.24. The molecule has 7 nitrogen and oxygen atoms in total. The number of fused-ring (bicyclic) bond motifs is 1. The number of sulfonamides is 1. The molecule has 5 rings (SSSR count). The van der Waals surface area contributed by atoms with E-state index in [-0.39, 0.29) is 46.6 Å². The van der Waals surface area contributed by atoms with Crippen LogP contribution in [0.3, 0.4) is 0 Å². The van der Waals surface area contributed by atoms with Crippen molar-refractivity contribution in [2.45, 2.75) is 57.3 Å². The van der Waals surface area contributed by atoms with Crippen LogP contribution in [0.4, 0.5) is 13.2 Å². The summed E-state index contributed by atoms with van der Waals surface area (Å²) in [5, 5.41) is 2.83. The fraction of sp³-hybridized carbons (Fsp3) is 0.414. The summed E-state index contributed by atoms with van der Waals surface area (Å²) in [4.78, 5) is 21.5. The predicted octanol–water partition coefficient (Wildman–Crippen LogP) is 4.98. The number of hydrogen-bond acceptors (Lipinski definition) is 5. The standard InChI is InChI=1S/C29H31F3N4O3S/c1-28(2)12-22-23(28)16-36(40(38,39)20-8-6-19(30)7-9-20)25(22)26(37)33-13-17-5-10-24(31)21(11-17)18-14-34-27(35-15-18)29(3,4)32/h5-11,14-15,22-23,25H,12-13,16H2,1-4H3,(H,33,37)/t22-,23-,25-/m0/s1. The maximum Gasteiger partial charge on any atom is 0.243 e. The van der Waals surface area contributed by atoms with Gasteiger partial charge in [0.2, 0.25) is 15.9 Å². The Labute approximate surface area is 231 Å². The van der Waals surface area contributed by atoms with E-state index in [4.69, 9.17) is 0 Å². The van der Waals surface area contributed by atoms with Crippen molar-refractivity contribution in [3.05, 3.63) is 77.9 Å². The summed E-state index contributed by atoms with van der Waals surface area (Å²) in [5.41, 5.74) is -0.730. The van der Waals surface area contributed by atoms with Crippen molar-refractivity contribution in [2.75, 3.05) is 6.54 Å². The maximum atomic E-state index is 14.7. The minimum atomic E-state index is -4.06. The number of aromatic nitrogens is 2. The Morgan fingerprint density at radius 3 is 2.35 bits per heavy atom. The number of hydrogen-bond donors (Lipinski definition) is 1. The lowest BCUT2D eigenvalue weighted by Gasteiger charge is -2.48. The van der Waals surface area contributed by atoms with E-state index in [1.165, 1.54) is 54.8 Å². The predicted molar refractivity (Wildman–Crippen MR) is 143 cm³/mol. The summed E-state index contributed by atoms with van der Waals surface area (Å²) in [6.07, 6.45) is 3.39. The highest BCUT2D eigenvalue weighted by Crippen LogP contribution is 2.57. The Morgan fingerprint density at radius 2 is 1.75 bits per heavy atom. The Hall–Kier alpha value is -3.31. The van der Waals surface area contributed by atoms with E-state index in [0.29, 0.717) is 17.5 Å². The first-order chi connectivity index (χ1) is 18.7. The van der Waals surface area contributed by atoms with Gasteiger partial charge in [-0.15, -0.1) is 0 Å². The Kier molecular flexibility index (Phi) is 7.02. The lowest BCUT2D eigenvalue weighted by atomic mass is 9.55. The van der Waals surface area contributed by atoms with Crippen LogP contribution in [0.25, 0.3) is 11.1 Å². The quantitative estimate of drug-likeness (QED) is 0.431. The zero-order chi connectivity index (χ0) is 29.0. The molecule has 1 saturated heterocycles. The Morgan fingerprint density at radius 1 is 1.10 bits per heavy atom. The van der Waals surface area contributed by atoms with Crippen molar-refractivity contribution in [1.82, 2.24) is 19.6 Å². The first kappa shape index (κ1) is 28.2. The number of halogens is 3. The molecule has 1 amide bonds. The highest BCUT2D eigenvalue weighted by molar-refractivity contribution is 7.89. The smallest absolute Gasteiger partial charge is 0.243 e. The molecule has 0 radical (unpaired) electrons. The highest BCUT2D eigenvalue weighted by Gasteiger charge is 2.61. The summed E-state index contributed by atoms with van der Waals surface area (Å²) in [5.74, 6) is -1.69. The molecule has 2 aliphatic rings. The second-order valence-electron chi connectivity index (χ2n) is 11.7. The molecular weight excluding hydrogens is 541 g/mol. The maximum absolute atomic E-state index is 14.7. The van der Waals surface area contributed by atoms with Gasteiger partial charge >= 0.3 is 0 Å². The number of rotatable bonds is 7. The van der Waals surface area contributed by atoms with Crippen LogP contribution in [-0.2, 0) is 27.0 Å². The molecule has 0 unspecified atom stereocenters. The van der Waals surface area contributed by atoms with Crippen LogP contribution in [0.1, 0.15) is 45.5 Å². The Balaban J connectivity index is 1.36. The van der Waals surface area contributed by atoms with Crippen LogP contribution in [0.2, 0.25) is 0 Å². The molecular formula is C29H31F3N4O3S. The summed E-state index contributed by atoms with van der Waals surface area (Å²) >= 11 is 0. The fourth-order valence-electron chi connectivity index (χ4n) is 5.84. The van der Waals surface area contributed by atoms with E-state index in [2.05, 4.69) is 29.1 Å². The van der Waals surface area contributed by atoms with Crippen molar-refractivity contribution in [3.63, 3.8) is 0 Å². The molecule has 1 saturated carbocycles. The molecule has 2 aromatic carbocycles. The van der Waals surface area contributed by atoms with Gasteiger partial charge in [-0.2, -0.15) is 4.31 Å². The first-order valence-corrected chi connectivity index (χ1v) is 14.5. The van der Waals surface area contributed by atoms with Gasteiger partial charge in [0.25, 0.3) is 0 Å². The minimum Gasteiger partial charge on any atom is -0.351 e. The zero-order valence-electron chi connectivity index (χ0n) is 22.7. The molecule has 11 heteroatoms. The summed E-state index contributed by atoms with van der Waals surface area (Å²) in [6.45, 7) is 7.00. The van der Waals surface area contributed by atoms with Gasteiger partial charge in [0, 0.05) is 36.6 Å². The Bertz CT molecular complexity index is 1540. The average molecular weight is 573 g/mol. The third-order valence-corrected chi connectivity index (χ3v) is 9.92. The summed E-state index contributed by atoms with van der Waals surface area (Å²) in [6, 6.07) is 7.99. The third-order valence-electron chi connectivity index (χ3n) is 8.06. The second kappa shape index (κ2) is 9.95. The van der Waals surface area contributed by atoms with Gasteiger partial charge < -0.3 is 5.32 Å². The number of alkyl halides is 1. The molecule has 2 heterocycles. The van der Waals surface area contributed by atoms with Crippen molar-refractivity contribution in [1.29, 1.82) is 0 Å². The van der Waals surface area contributed by atoms with Gasteiger partial charge in [-0.3, -0.25) is 4.79 Å². The third kappa shape index (κ3) is 5.12. The van der Waals surface area contributed by atoms with E-state index in [1.807, 2.05) is 0 Å². The molecule has 1 aliphatic carbocycles. The molecule has 2 fully saturated rings. The van der Waals surface area contributed by atoms with Gasteiger partial charge in [-0.05, 0) is 79.5 Å². The normalized spacial score (nSPS) is 22.4. The van der Waals surface area contributed by atoms with Crippen molar-refractivity contribution < 1.29 is 26.4 Å². The van der Waals surface area contributed by atoms with Gasteiger partial charge in [0.1, 0.15) is 17.7 Å². The van der Waals surface area contributed by atoms with Crippen LogP contribution >= 0.6 is 0 Å². The van der Waals surface area contributed by atoms with Crippen molar-refractivity contribution in [2.24, 2.45) is 17.3 Å². The molecule has 212 valence electrons. The van der Waals surface area contributed by atoms with Crippen LogP contribution in [0.15, 0.2) is 59.8 Å². The van der Waals surface area contributed by atoms with Gasteiger partial charge in [0.05, 0.1) is 4.90 Å². The number of nitrogens with one attached hydrogen (secondary N) is 1. The molecule has 1 aromatic heterocycles. The van der Waals surface area contributed by atoms with E-state index in [0.717, 1.165) is 12.1 Å². The summed E-state index contributed by atoms with van der Waals surface area (Å²) < 4.78 is 70.6. The van der Waals surface area contributed by atoms with Crippen molar-refractivity contribution >= 4 is 15.9 Å².